The highest BCUT2D eigenvalue weighted by atomic mass is 35.5. The molecule has 1 saturated heterocycles. The normalized spacial score (nSPS) is 17.0. The molecule has 1 aliphatic rings. The van der Waals surface area contributed by atoms with Crippen molar-refractivity contribution >= 4 is 38.9 Å². The molecular weight excluding hydrogens is 458 g/mol. The number of amides is 1. The van der Waals surface area contributed by atoms with Crippen molar-refractivity contribution < 1.29 is 22.9 Å². The summed E-state index contributed by atoms with van der Waals surface area (Å²) in [5, 5.41) is 14.0. The lowest BCUT2D eigenvalue weighted by Crippen LogP contribution is -2.43. The van der Waals surface area contributed by atoms with Gasteiger partial charge in [-0.25, -0.2) is 8.42 Å². The summed E-state index contributed by atoms with van der Waals surface area (Å²) in [5.74, 6) is -0.565. The van der Waals surface area contributed by atoms with Gasteiger partial charge in [0.2, 0.25) is 15.9 Å². The number of nitrogens with zero attached hydrogens (tertiary/aromatic N) is 2. The molecule has 3 rings (SSSR count). The van der Waals surface area contributed by atoms with Crippen molar-refractivity contribution in [2.45, 2.75) is 31.6 Å². The molecule has 1 aliphatic heterocycles. The third kappa shape index (κ3) is 5.03. The van der Waals surface area contributed by atoms with Crippen LogP contribution in [-0.4, -0.2) is 43.2 Å². The van der Waals surface area contributed by atoms with Crippen LogP contribution < -0.4 is 10.1 Å². The number of benzene rings is 2. The second kappa shape index (κ2) is 9.85. The zero-order valence-corrected chi connectivity index (χ0v) is 19.3. The van der Waals surface area contributed by atoms with Crippen LogP contribution in [-0.2, 0) is 14.8 Å². The van der Waals surface area contributed by atoms with Crippen LogP contribution in [0.15, 0.2) is 41.3 Å². The lowest BCUT2D eigenvalue weighted by atomic mass is 9.98. The predicted molar refractivity (Wildman–Crippen MR) is 121 cm³/mol. The average molecular weight is 482 g/mol. The van der Waals surface area contributed by atoms with E-state index in [9.17, 15) is 23.3 Å². The molecule has 0 aliphatic carbocycles. The van der Waals surface area contributed by atoms with Gasteiger partial charge in [0.05, 0.1) is 38.6 Å². The number of hydrogen-bond acceptors (Lipinski definition) is 6. The first-order chi connectivity index (χ1) is 15.1. The number of nitrogens with one attached hydrogen (secondary N) is 1. The summed E-state index contributed by atoms with van der Waals surface area (Å²) in [6.07, 6.45) is 1.02. The van der Waals surface area contributed by atoms with Gasteiger partial charge in [-0.1, -0.05) is 17.7 Å². The molecule has 1 amide bonds. The molecule has 1 N–H and O–H groups in total. The summed E-state index contributed by atoms with van der Waals surface area (Å²) in [6.45, 7) is 4.05. The smallest absolute Gasteiger partial charge is 0.274 e. The Hall–Kier alpha value is -2.69. The van der Waals surface area contributed by atoms with Gasteiger partial charge in [-0.15, -0.1) is 0 Å². The molecule has 1 heterocycles. The Labute approximate surface area is 191 Å². The van der Waals surface area contributed by atoms with Crippen LogP contribution in [0.5, 0.6) is 5.75 Å². The zero-order valence-electron chi connectivity index (χ0n) is 17.7. The molecule has 0 radical (unpaired) electrons. The largest absolute Gasteiger partial charge is 0.492 e. The molecule has 0 unspecified atom stereocenters. The maximum Gasteiger partial charge on any atom is 0.274 e. The fourth-order valence-electron chi connectivity index (χ4n) is 3.63. The van der Waals surface area contributed by atoms with E-state index in [-0.39, 0.29) is 34.6 Å². The first kappa shape index (κ1) is 24.0. The lowest BCUT2D eigenvalue weighted by Gasteiger charge is -2.31. The minimum Gasteiger partial charge on any atom is -0.492 e. The van der Waals surface area contributed by atoms with Crippen LogP contribution in [0.25, 0.3) is 0 Å². The zero-order chi connectivity index (χ0) is 23.5. The van der Waals surface area contributed by atoms with Gasteiger partial charge >= 0.3 is 0 Å². The number of carbonyl (C=O) groups is 1. The summed E-state index contributed by atoms with van der Waals surface area (Å²) in [6, 6.07) is 8.73. The number of nitro benzene ring substituents is 1. The van der Waals surface area contributed by atoms with E-state index in [4.69, 9.17) is 16.3 Å². The number of halogens is 1. The van der Waals surface area contributed by atoms with Crippen LogP contribution >= 0.6 is 11.6 Å². The van der Waals surface area contributed by atoms with E-state index in [1.165, 1.54) is 34.6 Å². The summed E-state index contributed by atoms with van der Waals surface area (Å²) in [4.78, 5) is 23.5. The Morgan fingerprint density at radius 2 is 2.09 bits per heavy atom. The molecule has 172 valence electrons. The van der Waals surface area contributed by atoms with Crippen LogP contribution in [0, 0.1) is 23.0 Å². The van der Waals surface area contributed by atoms with Gasteiger partial charge in [-0.2, -0.15) is 4.31 Å². The number of ether oxygens (including phenoxy) is 1. The van der Waals surface area contributed by atoms with Gasteiger partial charge in [0.25, 0.3) is 5.69 Å². The van der Waals surface area contributed by atoms with E-state index < -0.39 is 20.9 Å². The molecule has 0 saturated carbocycles. The molecule has 2 aromatic rings. The lowest BCUT2D eigenvalue weighted by molar-refractivity contribution is -0.385. The van der Waals surface area contributed by atoms with Crippen molar-refractivity contribution in [1.82, 2.24) is 4.31 Å². The van der Waals surface area contributed by atoms with Gasteiger partial charge in [0.1, 0.15) is 5.75 Å². The highest BCUT2D eigenvalue weighted by molar-refractivity contribution is 7.89. The SMILES string of the molecule is CCOc1ccc(S(=O)(=O)N2CCC[C@H](C(=O)Nc3cccc([N+](=O)[O-])c3C)C2)cc1Cl. The van der Waals surface area contributed by atoms with Crippen LogP contribution in [0.4, 0.5) is 11.4 Å². The average Bonchev–Trinajstić information content (AvgIpc) is 2.76. The van der Waals surface area contributed by atoms with E-state index in [0.29, 0.717) is 36.4 Å². The van der Waals surface area contributed by atoms with Crippen LogP contribution in [0.3, 0.4) is 0 Å². The summed E-state index contributed by atoms with van der Waals surface area (Å²) >= 11 is 6.15. The molecule has 0 bridgehead atoms. The second-order valence-electron chi connectivity index (χ2n) is 7.42. The fourth-order valence-corrected chi connectivity index (χ4v) is 5.48. The molecule has 9 nitrogen and oxygen atoms in total. The minimum atomic E-state index is -3.86. The van der Waals surface area contributed by atoms with E-state index in [2.05, 4.69) is 5.32 Å². The maximum absolute atomic E-state index is 13.1. The van der Waals surface area contributed by atoms with E-state index >= 15 is 0 Å². The van der Waals surface area contributed by atoms with Crippen molar-refractivity contribution in [1.29, 1.82) is 0 Å². The second-order valence-corrected chi connectivity index (χ2v) is 9.77. The Kier molecular flexibility index (Phi) is 7.37. The van der Waals surface area contributed by atoms with Crippen molar-refractivity contribution in [2.24, 2.45) is 5.92 Å². The summed E-state index contributed by atoms with van der Waals surface area (Å²) < 4.78 is 32.9. The molecule has 2 aromatic carbocycles. The first-order valence-electron chi connectivity index (χ1n) is 10.1. The molecule has 1 atom stereocenters. The van der Waals surface area contributed by atoms with Gasteiger partial charge in [0, 0.05) is 19.2 Å². The number of rotatable bonds is 7. The minimum absolute atomic E-state index is 0.00692. The fraction of sp³-hybridized carbons (Fsp3) is 0.381. The quantitative estimate of drug-likeness (QED) is 0.471. The first-order valence-corrected chi connectivity index (χ1v) is 11.9. The standard InChI is InChI=1S/C21H24ClN3O6S/c1-3-31-20-10-9-16(12-17(20)22)32(29,30)24-11-5-6-15(13-24)21(26)23-18-7-4-8-19(14(18)2)25(27)28/h4,7-10,12,15H,3,5-6,11,13H2,1-2H3,(H,23,26)/t15-/m0/s1. The van der Waals surface area contributed by atoms with Crippen LogP contribution in [0.1, 0.15) is 25.3 Å². The third-order valence-electron chi connectivity index (χ3n) is 5.36. The topological polar surface area (TPSA) is 119 Å². The van der Waals surface area contributed by atoms with E-state index in [1.54, 1.807) is 19.9 Å². The number of sulfonamides is 1. The Morgan fingerprint density at radius 1 is 1.34 bits per heavy atom. The number of piperidine rings is 1. The Balaban J connectivity index is 1.76. The van der Waals surface area contributed by atoms with Gasteiger partial charge in [-0.3, -0.25) is 14.9 Å². The number of hydrogen-bond donors (Lipinski definition) is 1. The monoisotopic (exact) mass is 481 g/mol. The Morgan fingerprint density at radius 3 is 2.75 bits per heavy atom. The number of carbonyl (C=O) groups excluding carboxylic acids is 1. The number of anilines is 1. The predicted octanol–water partition coefficient (Wildman–Crippen LogP) is 3.99. The molecule has 0 aromatic heterocycles. The van der Waals surface area contributed by atoms with E-state index in [0.717, 1.165) is 0 Å². The molecule has 1 fully saturated rings. The molecule has 32 heavy (non-hydrogen) atoms. The van der Waals surface area contributed by atoms with Gasteiger partial charge in [0.15, 0.2) is 0 Å². The summed E-state index contributed by atoms with van der Waals surface area (Å²) in [5.41, 5.74) is 0.584. The van der Waals surface area contributed by atoms with Crippen LogP contribution in [0.2, 0.25) is 5.02 Å². The molecular formula is C21H24ClN3O6S. The third-order valence-corrected chi connectivity index (χ3v) is 7.51. The van der Waals surface area contributed by atoms with Crippen molar-refractivity contribution in [2.75, 3.05) is 25.0 Å². The highest BCUT2D eigenvalue weighted by Gasteiger charge is 2.34. The molecule has 0 spiro atoms. The van der Waals surface area contributed by atoms with Crippen molar-refractivity contribution in [3.63, 3.8) is 0 Å². The van der Waals surface area contributed by atoms with E-state index in [1.807, 2.05) is 0 Å². The Bertz CT molecular complexity index is 1140. The maximum atomic E-state index is 13.1. The molecule has 11 heteroatoms. The number of nitro groups is 1. The highest BCUT2D eigenvalue weighted by Crippen LogP contribution is 2.31. The van der Waals surface area contributed by atoms with Crippen molar-refractivity contribution in [3.8, 4) is 5.75 Å². The van der Waals surface area contributed by atoms with Gasteiger partial charge in [-0.05, 0) is 51.0 Å². The van der Waals surface area contributed by atoms with Crippen molar-refractivity contribution in [3.05, 3.63) is 57.1 Å². The van der Waals surface area contributed by atoms with Gasteiger partial charge < -0.3 is 10.1 Å². The summed E-state index contributed by atoms with van der Waals surface area (Å²) in [7, 11) is -3.86.